The number of aryl methyl sites for hydroxylation is 1. The van der Waals surface area contributed by atoms with Crippen molar-refractivity contribution in [1.29, 1.82) is 0 Å². The monoisotopic (exact) mass is 556 g/mol. The zero-order valence-electron chi connectivity index (χ0n) is 17.6. The van der Waals surface area contributed by atoms with E-state index < -0.39 is 0 Å². The number of guanidine groups is 1. The molecule has 0 saturated heterocycles. The summed E-state index contributed by atoms with van der Waals surface area (Å²) < 4.78 is 2.09. The summed E-state index contributed by atoms with van der Waals surface area (Å²) in [7, 11) is 2.08. The Bertz CT molecular complexity index is 893. The number of aromatic nitrogens is 3. The minimum atomic E-state index is 0. The number of benzene rings is 1. The van der Waals surface area contributed by atoms with Crippen molar-refractivity contribution in [2.24, 2.45) is 4.99 Å². The third kappa shape index (κ3) is 7.28. The quantitative estimate of drug-likeness (QED) is 0.182. The van der Waals surface area contributed by atoms with Crippen LogP contribution >= 0.6 is 47.1 Å². The maximum atomic E-state index is 4.85. The van der Waals surface area contributed by atoms with Gasteiger partial charge in [0.05, 0.1) is 6.54 Å². The van der Waals surface area contributed by atoms with Crippen LogP contribution in [0.2, 0.25) is 0 Å². The second kappa shape index (κ2) is 13.0. The summed E-state index contributed by atoms with van der Waals surface area (Å²) >= 11 is 3.50. The van der Waals surface area contributed by atoms with Crippen LogP contribution in [-0.4, -0.2) is 45.5 Å². The Hall–Kier alpha value is -1.59. The molecule has 1 N–H and O–H groups in total. The van der Waals surface area contributed by atoms with Gasteiger partial charge in [0.2, 0.25) is 0 Å². The van der Waals surface area contributed by atoms with Gasteiger partial charge in [0, 0.05) is 42.9 Å². The van der Waals surface area contributed by atoms with E-state index in [0.29, 0.717) is 6.54 Å². The molecule has 0 amide bonds. The molecule has 0 spiro atoms. The van der Waals surface area contributed by atoms with Crippen LogP contribution < -0.4 is 5.32 Å². The van der Waals surface area contributed by atoms with E-state index in [2.05, 4.69) is 87.0 Å². The van der Waals surface area contributed by atoms with E-state index in [4.69, 9.17) is 4.99 Å². The summed E-state index contributed by atoms with van der Waals surface area (Å²) in [6.07, 6.45) is 4.77. The van der Waals surface area contributed by atoms with Crippen molar-refractivity contribution in [2.45, 2.75) is 37.9 Å². The molecule has 3 aromatic rings. The number of hydrogen-bond acceptors (Lipinski definition) is 5. The number of thioether (sulfide) groups is 1. The summed E-state index contributed by atoms with van der Waals surface area (Å²) in [5.74, 6) is 1.91. The molecule has 1 aromatic carbocycles. The second-order valence-electron chi connectivity index (χ2n) is 6.64. The maximum Gasteiger partial charge on any atom is 0.194 e. The van der Waals surface area contributed by atoms with Crippen molar-refractivity contribution >= 4 is 53.0 Å². The lowest BCUT2D eigenvalue weighted by atomic mass is 10.2. The fourth-order valence-corrected chi connectivity index (χ4v) is 4.01. The van der Waals surface area contributed by atoms with Crippen molar-refractivity contribution in [1.82, 2.24) is 25.0 Å². The number of rotatable bonds is 9. The minimum Gasteiger partial charge on any atom is -0.354 e. The summed E-state index contributed by atoms with van der Waals surface area (Å²) in [5.41, 5.74) is 1.27. The van der Waals surface area contributed by atoms with Crippen LogP contribution in [-0.2, 0) is 26.1 Å². The van der Waals surface area contributed by atoms with Crippen LogP contribution in [0.25, 0.3) is 0 Å². The fraction of sp³-hybridized carbons (Fsp3) is 0.381. The molecule has 2 aromatic heterocycles. The zero-order chi connectivity index (χ0) is 20.5. The van der Waals surface area contributed by atoms with Crippen molar-refractivity contribution in [2.75, 3.05) is 19.8 Å². The molecule has 0 aliphatic rings. The average molecular weight is 557 g/mol. The van der Waals surface area contributed by atoms with Crippen molar-refractivity contribution in [3.8, 4) is 0 Å². The number of aliphatic imine (C=N–C) groups is 1. The zero-order valence-corrected chi connectivity index (χ0v) is 21.6. The van der Waals surface area contributed by atoms with Crippen LogP contribution in [0.1, 0.15) is 23.2 Å². The number of hydrogen-bond donors (Lipinski definition) is 1. The van der Waals surface area contributed by atoms with Crippen LogP contribution in [0.3, 0.4) is 0 Å². The molecule has 0 unspecified atom stereocenters. The molecule has 0 bridgehead atoms. The Morgan fingerprint density at radius 1 is 1.27 bits per heavy atom. The lowest BCUT2D eigenvalue weighted by Crippen LogP contribution is -2.40. The molecule has 0 saturated carbocycles. The molecule has 0 atom stereocenters. The van der Waals surface area contributed by atoms with Crippen LogP contribution in [0.4, 0.5) is 0 Å². The summed E-state index contributed by atoms with van der Waals surface area (Å²) in [6.45, 7) is 5.16. The summed E-state index contributed by atoms with van der Waals surface area (Å²) in [4.78, 5) is 9.57. The normalized spacial score (nSPS) is 11.2. The van der Waals surface area contributed by atoms with E-state index in [0.717, 1.165) is 37.8 Å². The molecule has 0 fully saturated rings. The van der Waals surface area contributed by atoms with Gasteiger partial charge in [-0.3, -0.25) is 0 Å². The van der Waals surface area contributed by atoms with E-state index >= 15 is 0 Å². The lowest BCUT2D eigenvalue weighted by Gasteiger charge is -2.23. The molecular formula is C21H29IN6S2. The summed E-state index contributed by atoms with van der Waals surface area (Å²) in [6, 6.07) is 12.9. The third-order valence-corrected chi connectivity index (χ3v) is 6.16. The van der Waals surface area contributed by atoms with Gasteiger partial charge in [-0.05, 0) is 35.4 Å². The van der Waals surface area contributed by atoms with Gasteiger partial charge in [0.15, 0.2) is 5.96 Å². The first kappa shape index (κ1) is 24.7. The Kier molecular flexibility index (Phi) is 10.7. The van der Waals surface area contributed by atoms with Gasteiger partial charge in [0.1, 0.15) is 12.2 Å². The van der Waals surface area contributed by atoms with E-state index in [1.54, 1.807) is 29.4 Å². The van der Waals surface area contributed by atoms with Gasteiger partial charge >= 0.3 is 0 Å². The Morgan fingerprint density at radius 2 is 2.07 bits per heavy atom. The SMILES string of the molecule is CCc1nncn1CCNC(=NCc1cccs1)N(C)Cc1ccc(SC)cc1.I. The van der Waals surface area contributed by atoms with E-state index in [9.17, 15) is 0 Å². The van der Waals surface area contributed by atoms with E-state index in [1.807, 2.05) is 0 Å². The van der Waals surface area contributed by atoms with Gasteiger partial charge in [-0.2, -0.15) is 0 Å². The molecule has 6 nitrogen and oxygen atoms in total. The molecule has 9 heteroatoms. The molecule has 3 rings (SSSR count). The number of nitrogens with one attached hydrogen (secondary N) is 1. The van der Waals surface area contributed by atoms with Crippen molar-refractivity contribution < 1.29 is 0 Å². The van der Waals surface area contributed by atoms with Crippen LogP contribution in [0, 0.1) is 0 Å². The first-order chi connectivity index (χ1) is 14.2. The molecule has 0 aliphatic heterocycles. The predicted octanol–water partition coefficient (Wildman–Crippen LogP) is 4.52. The van der Waals surface area contributed by atoms with Crippen LogP contribution in [0.5, 0.6) is 0 Å². The van der Waals surface area contributed by atoms with E-state index in [1.165, 1.54) is 15.3 Å². The first-order valence-electron chi connectivity index (χ1n) is 9.71. The third-order valence-electron chi connectivity index (χ3n) is 4.55. The topological polar surface area (TPSA) is 58.3 Å². The highest BCUT2D eigenvalue weighted by Gasteiger charge is 2.09. The predicted molar refractivity (Wildman–Crippen MR) is 138 cm³/mol. The molecular weight excluding hydrogens is 527 g/mol. The second-order valence-corrected chi connectivity index (χ2v) is 8.56. The van der Waals surface area contributed by atoms with Gasteiger partial charge < -0.3 is 14.8 Å². The van der Waals surface area contributed by atoms with Gasteiger partial charge in [-0.25, -0.2) is 4.99 Å². The number of halogens is 1. The lowest BCUT2D eigenvalue weighted by molar-refractivity contribution is 0.470. The molecule has 162 valence electrons. The minimum absolute atomic E-state index is 0. The fourth-order valence-electron chi connectivity index (χ4n) is 2.97. The smallest absolute Gasteiger partial charge is 0.194 e. The molecule has 30 heavy (non-hydrogen) atoms. The molecule has 0 radical (unpaired) electrons. The average Bonchev–Trinajstić information content (AvgIpc) is 3.42. The highest BCUT2D eigenvalue weighted by atomic mass is 127. The Morgan fingerprint density at radius 3 is 2.73 bits per heavy atom. The maximum absolute atomic E-state index is 4.85. The van der Waals surface area contributed by atoms with Gasteiger partial charge in [0.25, 0.3) is 0 Å². The van der Waals surface area contributed by atoms with E-state index in [-0.39, 0.29) is 24.0 Å². The van der Waals surface area contributed by atoms with Crippen molar-refractivity contribution in [3.05, 3.63) is 64.4 Å². The molecule has 2 heterocycles. The van der Waals surface area contributed by atoms with Gasteiger partial charge in [-0.1, -0.05) is 25.1 Å². The van der Waals surface area contributed by atoms with Crippen molar-refractivity contribution in [3.63, 3.8) is 0 Å². The highest BCUT2D eigenvalue weighted by molar-refractivity contribution is 14.0. The Labute approximate surface area is 204 Å². The van der Waals surface area contributed by atoms with Crippen LogP contribution in [0.15, 0.2) is 58.0 Å². The largest absolute Gasteiger partial charge is 0.354 e. The first-order valence-corrected chi connectivity index (χ1v) is 11.8. The standard InChI is InChI=1S/C21H28N6S2.HI/c1-4-20-25-24-16-27(20)12-11-22-21(23-14-19-6-5-13-29-19)26(2)15-17-7-9-18(28-3)10-8-17;/h5-10,13,16H,4,11-12,14-15H2,1-3H3,(H,22,23);1H. The molecule has 0 aliphatic carbocycles. The number of thiophene rings is 1. The highest BCUT2D eigenvalue weighted by Crippen LogP contribution is 2.16. The van der Waals surface area contributed by atoms with Gasteiger partial charge in [-0.15, -0.1) is 57.3 Å². The number of nitrogens with zero attached hydrogens (tertiary/aromatic N) is 5. The Balaban J connectivity index is 0.00000320. The summed E-state index contributed by atoms with van der Waals surface area (Å²) in [5, 5.41) is 13.8.